The maximum atomic E-state index is 10.8. The Morgan fingerprint density at radius 2 is 1.94 bits per heavy atom. The standard InChI is InChI=1S/C12H22N2O2/c1-10(12(15)16)14-8-6-13(7-9-14)5-4-11-2-3-11/h10-11H,2-9H2,1H3,(H,15,16). The van der Waals surface area contributed by atoms with Gasteiger partial charge in [-0.25, -0.2) is 0 Å². The summed E-state index contributed by atoms with van der Waals surface area (Å²) in [6.45, 7) is 6.85. The molecule has 0 amide bonds. The van der Waals surface area contributed by atoms with Gasteiger partial charge in [-0.3, -0.25) is 9.69 Å². The molecule has 1 unspecified atom stereocenters. The summed E-state index contributed by atoms with van der Waals surface area (Å²) in [5.41, 5.74) is 0. The van der Waals surface area contributed by atoms with E-state index in [2.05, 4.69) is 9.80 Å². The Morgan fingerprint density at radius 1 is 1.31 bits per heavy atom. The lowest BCUT2D eigenvalue weighted by Crippen LogP contribution is -2.51. The summed E-state index contributed by atoms with van der Waals surface area (Å²) in [6, 6.07) is -0.328. The van der Waals surface area contributed by atoms with E-state index in [1.54, 1.807) is 6.92 Å². The molecule has 16 heavy (non-hydrogen) atoms. The van der Waals surface area contributed by atoms with Crippen molar-refractivity contribution in [2.75, 3.05) is 32.7 Å². The summed E-state index contributed by atoms with van der Waals surface area (Å²) >= 11 is 0. The first-order valence-corrected chi connectivity index (χ1v) is 6.36. The van der Waals surface area contributed by atoms with Crippen LogP contribution < -0.4 is 0 Å². The van der Waals surface area contributed by atoms with Crippen LogP contribution in [0.3, 0.4) is 0 Å². The number of hydrogen-bond donors (Lipinski definition) is 1. The Morgan fingerprint density at radius 3 is 2.44 bits per heavy atom. The van der Waals surface area contributed by atoms with Crippen molar-refractivity contribution in [1.82, 2.24) is 9.80 Å². The summed E-state index contributed by atoms with van der Waals surface area (Å²) in [5.74, 6) is 0.294. The van der Waals surface area contributed by atoms with Gasteiger partial charge in [-0.05, 0) is 25.8 Å². The maximum absolute atomic E-state index is 10.8. The number of carbonyl (C=O) groups is 1. The summed E-state index contributed by atoms with van der Waals surface area (Å²) in [7, 11) is 0. The predicted octanol–water partition coefficient (Wildman–Crippen LogP) is 0.877. The van der Waals surface area contributed by atoms with Crippen LogP contribution in [0.25, 0.3) is 0 Å². The van der Waals surface area contributed by atoms with Crippen LogP contribution in [0.5, 0.6) is 0 Å². The highest BCUT2D eigenvalue weighted by Gasteiger charge is 2.26. The number of rotatable bonds is 5. The third-order valence-corrected chi connectivity index (χ3v) is 3.86. The highest BCUT2D eigenvalue weighted by Crippen LogP contribution is 2.32. The molecule has 92 valence electrons. The normalized spacial score (nSPS) is 25.6. The number of carboxylic acids is 1. The molecule has 2 rings (SSSR count). The van der Waals surface area contributed by atoms with Gasteiger partial charge < -0.3 is 10.0 Å². The van der Waals surface area contributed by atoms with E-state index in [1.165, 1.54) is 25.8 Å². The van der Waals surface area contributed by atoms with Crippen molar-refractivity contribution in [2.45, 2.75) is 32.2 Å². The zero-order valence-corrected chi connectivity index (χ0v) is 10.1. The zero-order chi connectivity index (χ0) is 11.5. The SMILES string of the molecule is CC(C(=O)O)N1CCN(CCC2CC2)CC1. The highest BCUT2D eigenvalue weighted by molar-refractivity contribution is 5.72. The molecule has 1 aliphatic carbocycles. The first-order valence-electron chi connectivity index (χ1n) is 6.36. The van der Waals surface area contributed by atoms with Gasteiger partial charge in [0.25, 0.3) is 0 Å². The molecule has 1 saturated carbocycles. The lowest BCUT2D eigenvalue weighted by molar-refractivity contribution is -0.143. The van der Waals surface area contributed by atoms with E-state index >= 15 is 0 Å². The fourth-order valence-corrected chi connectivity index (χ4v) is 2.30. The van der Waals surface area contributed by atoms with Gasteiger partial charge in [0, 0.05) is 26.2 Å². The Hall–Kier alpha value is -0.610. The molecule has 1 aliphatic heterocycles. The molecule has 0 spiro atoms. The van der Waals surface area contributed by atoms with Crippen LogP contribution in [-0.2, 0) is 4.79 Å². The van der Waals surface area contributed by atoms with Gasteiger partial charge in [0.1, 0.15) is 6.04 Å². The molecule has 2 fully saturated rings. The molecule has 1 saturated heterocycles. The molecule has 4 heteroatoms. The Kier molecular flexibility index (Phi) is 3.82. The van der Waals surface area contributed by atoms with E-state index in [9.17, 15) is 4.79 Å². The smallest absolute Gasteiger partial charge is 0.320 e. The molecular formula is C12H22N2O2. The van der Waals surface area contributed by atoms with E-state index in [-0.39, 0.29) is 6.04 Å². The summed E-state index contributed by atoms with van der Waals surface area (Å²) in [6.07, 6.45) is 4.19. The largest absolute Gasteiger partial charge is 0.480 e. The molecule has 0 aromatic heterocycles. The maximum Gasteiger partial charge on any atom is 0.320 e. The summed E-state index contributed by atoms with van der Waals surface area (Å²) in [4.78, 5) is 15.4. The third-order valence-electron chi connectivity index (χ3n) is 3.86. The fraction of sp³-hybridized carbons (Fsp3) is 0.917. The van der Waals surface area contributed by atoms with E-state index in [0.29, 0.717) is 0 Å². The van der Waals surface area contributed by atoms with Crippen molar-refractivity contribution in [2.24, 2.45) is 5.92 Å². The number of carboxylic acid groups (broad SMARTS) is 1. The Balaban J connectivity index is 1.66. The highest BCUT2D eigenvalue weighted by atomic mass is 16.4. The number of piperazine rings is 1. The summed E-state index contributed by atoms with van der Waals surface area (Å²) in [5, 5.41) is 8.93. The third kappa shape index (κ3) is 3.19. The second-order valence-corrected chi connectivity index (χ2v) is 5.12. The van der Waals surface area contributed by atoms with Gasteiger partial charge in [0.2, 0.25) is 0 Å². The quantitative estimate of drug-likeness (QED) is 0.755. The van der Waals surface area contributed by atoms with Crippen molar-refractivity contribution >= 4 is 5.97 Å². The van der Waals surface area contributed by atoms with Gasteiger partial charge in [-0.15, -0.1) is 0 Å². The molecule has 0 bridgehead atoms. The second-order valence-electron chi connectivity index (χ2n) is 5.12. The first kappa shape index (κ1) is 11.9. The monoisotopic (exact) mass is 226 g/mol. The number of aliphatic carboxylic acids is 1. The van der Waals surface area contributed by atoms with Gasteiger partial charge in [-0.2, -0.15) is 0 Å². The zero-order valence-electron chi connectivity index (χ0n) is 10.1. The average Bonchev–Trinajstić information content (AvgIpc) is 3.10. The van der Waals surface area contributed by atoms with Crippen LogP contribution in [0.2, 0.25) is 0 Å². The van der Waals surface area contributed by atoms with Crippen LogP contribution in [0.4, 0.5) is 0 Å². The van der Waals surface area contributed by atoms with Crippen LogP contribution in [0.15, 0.2) is 0 Å². The average molecular weight is 226 g/mol. The minimum atomic E-state index is -0.702. The van der Waals surface area contributed by atoms with Crippen molar-refractivity contribution in [1.29, 1.82) is 0 Å². The molecule has 1 N–H and O–H groups in total. The van der Waals surface area contributed by atoms with Crippen LogP contribution in [-0.4, -0.2) is 59.6 Å². The van der Waals surface area contributed by atoms with Crippen LogP contribution in [0, 0.1) is 5.92 Å². The predicted molar refractivity (Wildman–Crippen MR) is 62.5 cm³/mol. The molecule has 0 radical (unpaired) electrons. The van der Waals surface area contributed by atoms with E-state index in [4.69, 9.17) is 5.11 Å². The van der Waals surface area contributed by atoms with Crippen molar-refractivity contribution < 1.29 is 9.90 Å². The number of hydrogen-bond acceptors (Lipinski definition) is 3. The van der Waals surface area contributed by atoms with Crippen LogP contribution >= 0.6 is 0 Å². The van der Waals surface area contributed by atoms with Gasteiger partial charge in [-0.1, -0.05) is 12.8 Å². The molecule has 1 atom stereocenters. The molecule has 4 nitrogen and oxygen atoms in total. The lowest BCUT2D eigenvalue weighted by atomic mass is 10.2. The lowest BCUT2D eigenvalue weighted by Gasteiger charge is -2.36. The van der Waals surface area contributed by atoms with Crippen molar-refractivity contribution in [3.63, 3.8) is 0 Å². The second kappa shape index (κ2) is 5.15. The Bertz CT molecular complexity index is 245. The fourth-order valence-electron chi connectivity index (χ4n) is 2.30. The molecule has 0 aromatic rings. The molecular weight excluding hydrogens is 204 g/mol. The van der Waals surface area contributed by atoms with Gasteiger partial charge >= 0.3 is 5.97 Å². The number of nitrogens with zero attached hydrogens (tertiary/aromatic N) is 2. The van der Waals surface area contributed by atoms with Crippen molar-refractivity contribution in [3.05, 3.63) is 0 Å². The first-order chi connectivity index (χ1) is 7.66. The minimum Gasteiger partial charge on any atom is -0.480 e. The van der Waals surface area contributed by atoms with Crippen molar-refractivity contribution in [3.8, 4) is 0 Å². The van der Waals surface area contributed by atoms with E-state index < -0.39 is 5.97 Å². The van der Waals surface area contributed by atoms with Gasteiger partial charge in [0.05, 0.1) is 0 Å². The summed E-state index contributed by atoms with van der Waals surface area (Å²) < 4.78 is 0. The Labute approximate surface area is 97.2 Å². The van der Waals surface area contributed by atoms with E-state index in [1.807, 2.05) is 0 Å². The van der Waals surface area contributed by atoms with Crippen LogP contribution in [0.1, 0.15) is 26.2 Å². The van der Waals surface area contributed by atoms with E-state index in [0.717, 1.165) is 32.1 Å². The minimum absolute atomic E-state index is 0.328. The molecule has 0 aromatic carbocycles. The van der Waals surface area contributed by atoms with Gasteiger partial charge in [0.15, 0.2) is 0 Å². The molecule has 2 aliphatic rings. The topological polar surface area (TPSA) is 43.8 Å². The molecule has 1 heterocycles.